The van der Waals surface area contributed by atoms with Crippen molar-refractivity contribution in [3.63, 3.8) is 0 Å². The second kappa shape index (κ2) is 5.98. The number of hydrogen-bond donors (Lipinski definition) is 1. The lowest BCUT2D eigenvalue weighted by atomic mass is 10.3. The van der Waals surface area contributed by atoms with Crippen LogP contribution in [0.25, 0.3) is 0 Å². The fourth-order valence-corrected chi connectivity index (χ4v) is 3.73. The van der Waals surface area contributed by atoms with E-state index < -0.39 is 10.0 Å². The van der Waals surface area contributed by atoms with Crippen molar-refractivity contribution < 1.29 is 8.42 Å². The van der Waals surface area contributed by atoms with Gasteiger partial charge in [0.05, 0.1) is 9.54 Å². The average molecular weight is 312 g/mol. The summed E-state index contributed by atoms with van der Waals surface area (Å²) in [5.74, 6) is 0.209. The number of nitrogens with one attached hydrogen (secondary N) is 1. The van der Waals surface area contributed by atoms with Crippen molar-refractivity contribution in [2.45, 2.75) is 19.8 Å². The Morgan fingerprint density at radius 3 is 2.73 bits per heavy atom. The minimum Gasteiger partial charge on any atom is -0.215 e. The fraction of sp³-hybridized carbons (Fsp3) is 0.556. The van der Waals surface area contributed by atoms with E-state index in [1.54, 1.807) is 11.3 Å². The van der Waals surface area contributed by atoms with Crippen LogP contribution < -0.4 is 4.72 Å². The Labute approximate surface area is 103 Å². The van der Waals surface area contributed by atoms with E-state index >= 15 is 0 Å². The van der Waals surface area contributed by atoms with Gasteiger partial charge in [0.2, 0.25) is 10.0 Å². The summed E-state index contributed by atoms with van der Waals surface area (Å²) in [6.07, 6.45) is 1.40. The molecule has 0 amide bonds. The third kappa shape index (κ3) is 5.10. The van der Waals surface area contributed by atoms with Crippen LogP contribution in [0.15, 0.2) is 15.9 Å². The quantitative estimate of drug-likeness (QED) is 0.876. The summed E-state index contributed by atoms with van der Waals surface area (Å²) in [7, 11) is -3.05. The van der Waals surface area contributed by atoms with Crippen LogP contribution in [-0.4, -0.2) is 20.7 Å². The molecule has 0 unspecified atom stereocenters. The molecule has 0 aliphatic heterocycles. The standard InChI is InChI=1S/C9H14BrNO2S2/c1-2-7-15(12,13)11-6-5-8-3-4-9(10)14-8/h3-4,11H,2,5-7H2,1H3. The molecule has 0 aliphatic carbocycles. The van der Waals surface area contributed by atoms with Crippen molar-refractivity contribution >= 4 is 37.3 Å². The maximum Gasteiger partial charge on any atom is 0.211 e. The van der Waals surface area contributed by atoms with Crippen LogP contribution in [0, 0.1) is 0 Å². The van der Waals surface area contributed by atoms with Crippen LogP contribution in [-0.2, 0) is 16.4 Å². The van der Waals surface area contributed by atoms with Gasteiger partial charge in [0, 0.05) is 11.4 Å². The normalized spacial score (nSPS) is 11.9. The molecule has 0 atom stereocenters. The molecule has 0 saturated carbocycles. The Morgan fingerprint density at radius 2 is 2.20 bits per heavy atom. The van der Waals surface area contributed by atoms with Gasteiger partial charge >= 0.3 is 0 Å². The van der Waals surface area contributed by atoms with Gasteiger partial charge in [-0.15, -0.1) is 11.3 Å². The zero-order chi connectivity index (χ0) is 11.3. The molecule has 0 saturated heterocycles. The van der Waals surface area contributed by atoms with Crippen LogP contribution >= 0.6 is 27.3 Å². The van der Waals surface area contributed by atoms with E-state index in [4.69, 9.17) is 0 Å². The van der Waals surface area contributed by atoms with Gasteiger partial charge in [0.1, 0.15) is 0 Å². The molecule has 6 heteroatoms. The molecular formula is C9H14BrNO2S2. The predicted octanol–water partition coefficient (Wildman–Crippen LogP) is 2.38. The minimum atomic E-state index is -3.05. The van der Waals surface area contributed by atoms with Crippen molar-refractivity contribution in [3.8, 4) is 0 Å². The van der Waals surface area contributed by atoms with Gasteiger partial charge in [0.25, 0.3) is 0 Å². The molecule has 0 aliphatic rings. The summed E-state index contributed by atoms with van der Waals surface area (Å²) in [6, 6.07) is 3.98. The topological polar surface area (TPSA) is 46.2 Å². The van der Waals surface area contributed by atoms with Gasteiger partial charge in [-0.3, -0.25) is 0 Å². The first-order valence-corrected chi connectivity index (χ1v) is 8.01. The lowest BCUT2D eigenvalue weighted by Crippen LogP contribution is -2.27. The molecule has 1 rings (SSSR count). The zero-order valence-electron chi connectivity index (χ0n) is 8.49. The largest absolute Gasteiger partial charge is 0.215 e. The second-order valence-corrected chi connectivity index (χ2v) is 7.64. The van der Waals surface area contributed by atoms with Crippen molar-refractivity contribution in [1.29, 1.82) is 0 Å². The van der Waals surface area contributed by atoms with Crippen LogP contribution in [0.3, 0.4) is 0 Å². The van der Waals surface area contributed by atoms with Crippen LogP contribution in [0.2, 0.25) is 0 Å². The van der Waals surface area contributed by atoms with E-state index in [1.807, 2.05) is 19.1 Å². The van der Waals surface area contributed by atoms with E-state index in [9.17, 15) is 8.42 Å². The number of thiophene rings is 1. The molecule has 0 fully saturated rings. The zero-order valence-corrected chi connectivity index (χ0v) is 11.7. The third-order valence-electron chi connectivity index (χ3n) is 1.80. The smallest absolute Gasteiger partial charge is 0.211 e. The molecule has 0 aromatic carbocycles. The average Bonchev–Trinajstić information content (AvgIpc) is 2.51. The monoisotopic (exact) mass is 311 g/mol. The fourth-order valence-electron chi connectivity index (χ4n) is 1.16. The Hall–Kier alpha value is 0.0900. The molecule has 1 aromatic heterocycles. The second-order valence-electron chi connectivity index (χ2n) is 3.17. The summed E-state index contributed by atoms with van der Waals surface area (Å²) in [5, 5.41) is 0. The van der Waals surface area contributed by atoms with Crippen molar-refractivity contribution in [3.05, 3.63) is 20.8 Å². The molecule has 1 heterocycles. The van der Waals surface area contributed by atoms with Gasteiger partial charge in [-0.25, -0.2) is 13.1 Å². The lowest BCUT2D eigenvalue weighted by molar-refractivity contribution is 0.580. The van der Waals surface area contributed by atoms with Crippen molar-refractivity contribution in [2.24, 2.45) is 0 Å². The highest BCUT2D eigenvalue weighted by atomic mass is 79.9. The Kier molecular flexibility index (Phi) is 5.25. The summed E-state index contributed by atoms with van der Waals surface area (Å²) in [5.41, 5.74) is 0. The Bertz CT molecular complexity index is 400. The number of halogens is 1. The highest BCUT2D eigenvalue weighted by Gasteiger charge is 2.07. The van der Waals surface area contributed by atoms with Crippen LogP contribution in [0.4, 0.5) is 0 Å². The van der Waals surface area contributed by atoms with Gasteiger partial charge in [-0.05, 0) is 40.9 Å². The first-order chi connectivity index (χ1) is 7.03. The molecule has 15 heavy (non-hydrogen) atoms. The van der Waals surface area contributed by atoms with Gasteiger partial charge in [-0.1, -0.05) is 6.92 Å². The Balaban J connectivity index is 2.33. The summed E-state index contributed by atoms with van der Waals surface area (Å²) in [4.78, 5) is 1.18. The predicted molar refractivity (Wildman–Crippen MR) is 67.8 cm³/mol. The maximum absolute atomic E-state index is 11.3. The first kappa shape index (κ1) is 13.2. The molecule has 1 N–H and O–H groups in total. The molecule has 86 valence electrons. The summed E-state index contributed by atoms with van der Waals surface area (Å²) >= 11 is 5.00. The number of sulfonamides is 1. The van der Waals surface area contributed by atoms with Crippen LogP contribution in [0.1, 0.15) is 18.2 Å². The van der Waals surface area contributed by atoms with E-state index in [1.165, 1.54) is 4.88 Å². The van der Waals surface area contributed by atoms with Gasteiger partial charge in [-0.2, -0.15) is 0 Å². The van der Waals surface area contributed by atoms with Gasteiger partial charge in [0.15, 0.2) is 0 Å². The van der Waals surface area contributed by atoms with E-state index in [2.05, 4.69) is 20.7 Å². The Morgan fingerprint density at radius 1 is 1.47 bits per heavy atom. The van der Waals surface area contributed by atoms with E-state index in [-0.39, 0.29) is 5.75 Å². The number of hydrogen-bond acceptors (Lipinski definition) is 3. The molecule has 0 spiro atoms. The summed E-state index contributed by atoms with van der Waals surface area (Å²) < 4.78 is 26.3. The van der Waals surface area contributed by atoms with E-state index in [0.29, 0.717) is 13.0 Å². The third-order valence-corrected chi connectivity index (χ3v) is 5.07. The van der Waals surface area contributed by atoms with E-state index in [0.717, 1.165) is 10.2 Å². The highest BCUT2D eigenvalue weighted by molar-refractivity contribution is 9.11. The minimum absolute atomic E-state index is 0.209. The van der Waals surface area contributed by atoms with Crippen LogP contribution in [0.5, 0.6) is 0 Å². The maximum atomic E-state index is 11.3. The highest BCUT2D eigenvalue weighted by Crippen LogP contribution is 2.22. The molecular weight excluding hydrogens is 298 g/mol. The molecule has 0 radical (unpaired) electrons. The summed E-state index contributed by atoms with van der Waals surface area (Å²) in [6.45, 7) is 2.34. The molecule has 1 aromatic rings. The number of rotatable bonds is 6. The SMILES string of the molecule is CCCS(=O)(=O)NCCc1ccc(Br)s1. The van der Waals surface area contributed by atoms with Crippen molar-refractivity contribution in [2.75, 3.05) is 12.3 Å². The molecule has 0 bridgehead atoms. The lowest BCUT2D eigenvalue weighted by Gasteiger charge is -2.03. The van der Waals surface area contributed by atoms with Gasteiger partial charge < -0.3 is 0 Å². The first-order valence-electron chi connectivity index (χ1n) is 4.75. The molecule has 3 nitrogen and oxygen atoms in total. The van der Waals surface area contributed by atoms with Crippen molar-refractivity contribution in [1.82, 2.24) is 4.72 Å².